The van der Waals surface area contributed by atoms with Crippen molar-refractivity contribution in [3.8, 4) is 0 Å². The van der Waals surface area contributed by atoms with E-state index in [0.29, 0.717) is 15.5 Å². The second-order valence-corrected chi connectivity index (χ2v) is 7.90. The van der Waals surface area contributed by atoms with Crippen LogP contribution in [0.4, 0.5) is 5.69 Å². The molecule has 0 aromatic heterocycles. The van der Waals surface area contributed by atoms with Crippen molar-refractivity contribution in [3.05, 3.63) is 27.7 Å². The monoisotopic (exact) mass is 342 g/mol. The second kappa shape index (κ2) is 6.39. The van der Waals surface area contributed by atoms with Crippen LogP contribution in [-0.2, 0) is 0 Å². The minimum atomic E-state index is 0.439. The van der Waals surface area contributed by atoms with Gasteiger partial charge in [-0.3, -0.25) is 4.99 Å². The van der Waals surface area contributed by atoms with E-state index in [-0.39, 0.29) is 0 Å². The summed E-state index contributed by atoms with van der Waals surface area (Å²) < 4.78 is 0. The third kappa shape index (κ3) is 3.35. The summed E-state index contributed by atoms with van der Waals surface area (Å²) in [4.78, 5) is 4.76. The van der Waals surface area contributed by atoms with E-state index in [4.69, 9.17) is 28.2 Å². The van der Waals surface area contributed by atoms with Crippen molar-refractivity contribution in [3.63, 3.8) is 0 Å². The highest BCUT2D eigenvalue weighted by Gasteiger charge is 2.35. The van der Waals surface area contributed by atoms with E-state index in [2.05, 4.69) is 5.32 Å². The van der Waals surface area contributed by atoms with Crippen molar-refractivity contribution in [1.29, 1.82) is 0 Å². The van der Waals surface area contributed by atoms with Crippen LogP contribution in [0.3, 0.4) is 0 Å². The number of aryl methyl sites for hydroxylation is 1. The quantitative estimate of drug-likeness (QED) is 0.700. The average molecular weight is 343 g/mol. The number of benzene rings is 1. The molecule has 1 aliphatic carbocycles. The maximum atomic E-state index is 6.35. The van der Waals surface area contributed by atoms with Gasteiger partial charge in [0.2, 0.25) is 0 Å². The molecule has 3 rings (SSSR count). The molecule has 0 saturated heterocycles. The van der Waals surface area contributed by atoms with Gasteiger partial charge in [0.25, 0.3) is 0 Å². The van der Waals surface area contributed by atoms with Crippen molar-refractivity contribution < 1.29 is 0 Å². The van der Waals surface area contributed by atoms with Crippen molar-refractivity contribution in [2.75, 3.05) is 17.6 Å². The highest BCUT2D eigenvalue weighted by molar-refractivity contribution is 8.14. The fourth-order valence-electron chi connectivity index (χ4n) is 3.11. The molecule has 2 aliphatic rings. The predicted octanol–water partition coefficient (Wildman–Crippen LogP) is 5.77. The molecule has 1 aliphatic heterocycles. The topological polar surface area (TPSA) is 24.4 Å². The average Bonchev–Trinajstić information content (AvgIpc) is 2.51. The molecule has 1 aromatic rings. The molecule has 1 heterocycles. The molecule has 21 heavy (non-hydrogen) atoms. The van der Waals surface area contributed by atoms with E-state index < -0.39 is 0 Å². The van der Waals surface area contributed by atoms with Gasteiger partial charge in [0.1, 0.15) is 0 Å². The first-order valence-corrected chi connectivity index (χ1v) is 9.23. The molecule has 1 N–H and O–H groups in total. The van der Waals surface area contributed by atoms with E-state index in [1.165, 1.54) is 32.1 Å². The largest absolute Gasteiger partial charge is 0.333 e. The minimum Gasteiger partial charge on any atom is -0.333 e. The van der Waals surface area contributed by atoms with E-state index in [9.17, 15) is 0 Å². The Morgan fingerprint density at radius 1 is 1.19 bits per heavy atom. The third-order valence-corrected chi connectivity index (χ3v) is 6.57. The maximum Gasteiger partial charge on any atom is 0.161 e. The van der Waals surface area contributed by atoms with Gasteiger partial charge in [0.15, 0.2) is 5.17 Å². The highest BCUT2D eigenvalue weighted by Crippen LogP contribution is 2.42. The van der Waals surface area contributed by atoms with Gasteiger partial charge in [-0.1, -0.05) is 60.3 Å². The van der Waals surface area contributed by atoms with E-state index in [1.807, 2.05) is 30.8 Å². The van der Waals surface area contributed by atoms with Crippen LogP contribution in [0.25, 0.3) is 0 Å². The normalized spacial score (nSPS) is 21.2. The number of anilines is 1. The lowest BCUT2D eigenvalue weighted by Gasteiger charge is -2.38. The fraction of sp³-hybridized carbons (Fsp3) is 0.562. The van der Waals surface area contributed by atoms with Crippen LogP contribution in [-0.4, -0.2) is 17.5 Å². The van der Waals surface area contributed by atoms with E-state index in [1.54, 1.807) is 0 Å². The lowest BCUT2D eigenvalue weighted by molar-refractivity contribution is 0.232. The van der Waals surface area contributed by atoms with Crippen LogP contribution >= 0.6 is 35.0 Å². The van der Waals surface area contributed by atoms with Gasteiger partial charge in [-0.15, -0.1) is 0 Å². The Morgan fingerprint density at radius 3 is 2.62 bits per heavy atom. The molecular formula is C16H20Cl2N2S. The van der Waals surface area contributed by atoms with E-state index >= 15 is 0 Å². The molecule has 1 aromatic carbocycles. The Morgan fingerprint density at radius 2 is 1.95 bits per heavy atom. The summed E-state index contributed by atoms with van der Waals surface area (Å²) in [5.41, 5.74) is 2.24. The molecule has 0 unspecified atom stereocenters. The van der Waals surface area contributed by atoms with Gasteiger partial charge in [-0.05, 0) is 36.8 Å². The number of thioether (sulfide) groups is 1. The number of nitrogens with zero attached hydrogens (tertiary/aromatic N) is 1. The number of hydrogen-bond acceptors (Lipinski definition) is 3. The molecule has 1 fully saturated rings. The van der Waals surface area contributed by atoms with Crippen molar-refractivity contribution in [2.24, 2.45) is 10.4 Å². The number of halogens is 2. The molecule has 0 radical (unpaired) electrons. The summed E-state index contributed by atoms with van der Waals surface area (Å²) in [6.45, 7) is 2.92. The molecule has 0 bridgehead atoms. The summed E-state index contributed by atoms with van der Waals surface area (Å²) in [6, 6.07) is 3.81. The zero-order valence-corrected chi connectivity index (χ0v) is 14.5. The number of hydrogen-bond donors (Lipinski definition) is 1. The molecule has 5 heteroatoms. The molecule has 114 valence electrons. The van der Waals surface area contributed by atoms with Gasteiger partial charge in [-0.2, -0.15) is 0 Å². The molecule has 0 atom stereocenters. The lowest BCUT2D eigenvalue weighted by atomic mass is 9.75. The fourth-order valence-corrected chi connectivity index (χ4v) is 4.73. The Labute approximate surface area is 140 Å². The van der Waals surface area contributed by atoms with Crippen LogP contribution in [0.15, 0.2) is 17.1 Å². The molecule has 1 saturated carbocycles. The van der Waals surface area contributed by atoms with Gasteiger partial charge >= 0.3 is 0 Å². The van der Waals surface area contributed by atoms with Gasteiger partial charge in [-0.25, -0.2) is 0 Å². The van der Waals surface area contributed by atoms with Gasteiger partial charge in [0.05, 0.1) is 15.7 Å². The second-order valence-electron chi connectivity index (χ2n) is 6.15. The van der Waals surface area contributed by atoms with Crippen LogP contribution in [0.1, 0.15) is 37.7 Å². The van der Waals surface area contributed by atoms with Crippen molar-refractivity contribution in [1.82, 2.24) is 0 Å². The Hall–Kier alpha value is -0.380. The number of aliphatic imine (C=N–C) groups is 1. The minimum absolute atomic E-state index is 0.439. The highest BCUT2D eigenvalue weighted by atomic mass is 35.5. The predicted molar refractivity (Wildman–Crippen MR) is 95.1 cm³/mol. The Balaban J connectivity index is 1.74. The summed E-state index contributed by atoms with van der Waals surface area (Å²) in [7, 11) is 0. The number of nitrogens with one attached hydrogen (secondary N) is 1. The van der Waals surface area contributed by atoms with E-state index in [0.717, 1.165) is 28.7 Å². The maximum absolute atomic E-state index is 6.35. The summed E-state index contributed by atoms with van der Waals surface area (Å²) >= 11 is 14.4. The molecular weight excluding hydrogens is 323 g/mol. The van der Waals surface area contributed by atoms with Crippen LogP contribution in [0, 0.1) is 12.3 Å². The van der Waals surface area contributed by atoms with Gasteiger partial charge < -0.3 is 5.32 Å². The Kier molecular flexibility index (Phi) is 4.72. The standard InChI is InChI=1S/C16H20Cl2N2S/c1-11-5-6-12(17)14(13(11)18)20-15-19-9-16(10-21-15)7-3-2-4-8-16/h5-6H,2-4,7-10H2,1H3,(H,19,20). The summed E-state index contributed by atoms with van der Waals surface area (Å²) in [6.07, 6.45) is 6.74. The molecule has 2 nitrogen and oxygen atoms in total. The Bertz CT molecular complexity index is 566. The van der Waals surface area contributed by atoms with Crippen molar-refractivity contribution in [2.45, 2.75) is 39.0 Å². The smallest absolute Gasteiger partial charge is 0.161 e. The van der Waals surface area contributed by atoms with Crippen LogP contribution < -0.4 is 5.32 Å². The molecule has 1 spiro atoms. The number of rotatable bonds is 1. The molecule has 0 amide bonds. The zero-order valence-electron chi connectivity index (χ0n) is 12.2. The lowest BCUT2D eigenvalue weighted by Crippen LogP contribution is -2.35. The SMILES string of the molecule is Cc1ccc(Cl)c(NC2=NCC3(CCCCC3)CS2)c1Cl. The first kappa shape index (κ1) is 15.5. The van der Waals surface area contributed by atoms with Crippen molar-refractivity contribution >= 4 is 45.8 Å². The van der Waals surface area contributed by atoms with Gasteiger partial charge in [0, 0.05) is 12.3 Å². The summed E-state index contributed by atoms with van der Waals surface area (Å²) in [5.74, 6) is 1.15. The first-order chi connectivity index (χ1) is 10.1. The zero-order chi connectivity index (χ0) is 14.9. The van der Waals surface area contributed by atoms with Crippen LogP contribution in [0.2, 0.25) is 10.0 Å². The first-order valence-electron chi connectivity index (χ1n) is 7.49. The van der Waals surface area contributed by atoms with Crippen LogP contribution in [0.5, 0.6) is 0 Å². The summed E-state index contributed by atoms with van der Waals surface area (Å²) in [5, 5.41) is 5.60. The number of amidine groups is 1. The third-order valence-electron chi connectivity index (χ3n) is 4.50.